The van der Waals surface area contributed by atoms with Crippen molar-refractivity contribution in [1.29, 1.82) is 0 Å². The molecule has 0 aromatic heterocycles. The summed E-state index contributed by atoms with van der Waals surface area (Å²) in [6.45, 7) is 5.08. The maximum atomic E-state index is 13.5. The summed E-state index contributed by atoms with van der Waals surface area (Å²) < 4.78 is 17.1. The van der Waals surface area contributed by atoms with Crippen LogP contribution in [0.25, 0.3) is 0 Å². The lowest BCUT2D eigenvalue weighted by atomic mass is 9.77. The number of ketones is 1. The molecule has 0 radical (unpaired) electrons. The van der Waals surface area contributed by atoms with Gasteiger partial charge >= 0.3 is 0 Å². The van der Waals surface area contributed by atoms with E-state index < -0.39 is 6.04 Å². The lowest BCUT2D eigenvalue weighted by molar-refractivity contribution is -0.135. The van der Waals surface area contributed by atoms with Crippen molar-refractivity contribution >= 4 is 11.7 Å². The molecule has 2 heterocycles. The smallest absolute Gasteiger partial charge is 0.290 e. The summed E-state index contributed by atoms with van der Waals surface area (Å²) in [5, 5.41) is 0. The van der Waals surface area contributed by atoms with Gasteiger partial charge in [-0.15, -0.1) is 0 Å². The van der Waals surface area contributed by atoms with Crippen LogP contribution in [0.1, 0.15) is 57.6 Å². The topological polar surface area (TPSA) is 65.1 Å². The third-order valence-electron chi connectivity index (χ3n) is 6.28. The van der Waals surface area contributed by atoms with Gasteiger partial charge in [0.1, 0.15) is 11.9 Å². The van der Waals surface area contributed by atoms with Gasteiger partial charge in [0.25, 0.3) is 5.91 Å². The highest BCUT2D eigenvalue weighted by Crippen LogP contribution is 2.46. The molecule has 2 aliphatic heterocycles. The van der Waals surface area contributed by atoms with E-state index in [-0.39, 0.29) is 35.6 Å². The van der Waals surface area contributed by atoms with E-state index in [1.165, 1.54) is 0 Å². The Morgan fingerprint density at radius 2 is 1.87 bits per heavy atom. The quantitative estimate of drug-likeness (QED) is 0.636. The minimum Gasteiger partial charge on any atom is -0.497 e. The lowest BCUT2D eigenvalue weighted by Gasteiger charge is -2.35. The van der Waals surface area contributed by atoms with Gasteiger partial charge < -0.3 is 19.1 Å². The van der Waals surface area contributed by atoms with E-state index in [0.717, 1.165) is 37.0 Å². The monoisotopic (exact) mass is 413 g/mol. The van der Waals surface area contributed by atoms with Crippen molar-refractivity contribution < 1.29 is 23.8 Å². The first-order valence-corrected chi connectivity index (χ1v) is 11.0. The van der Waals surface area contributed by atoms with Gasteiger partial charge in [-0.2, -0.15) is 0 Å². The summed E-state index contributed by atoms with van der Waals surface area (Å²) in [5.41, 5.74) is 1.45. The van der Waals surface area contributed by atoms with E-state index in [9.17, 15) is 9.59 Å². The van der Waals surface area contributed by atoms with Gasteiger partial charge in [-0.25, -0.2) is 0 Å². The molecular formula is C24H31NO5. The van der Waals surface area contributed by atoms with Crippen LogP contribution >= 0.6 is 0 Å². The van der Waals surface area contributed by atoms with Crippen LogP contribution in [0.2, 0.25) is 0 Å². The zero-order valence-corrected chi connectivity index (χ0v) is 18.1. The number of fused-ring (bicyclic) bond motifs is 1. The average Bonchev–Trinajstić information content (AvgIpc) is 3.03. The Morgan fingerprint density at radius 1 is 1.13 bits per heavy atom. The highest BCUT2D eigenvalue weighted by Gasteiger charge is 2.51. The molecule has 0 saturated heterocycles. The molecule has 1 aromatic carbocycles. The second kappa shape index (κ2) is 8.80. The molecule has 1 aromatic rings. The maximum absolute atomic E-state index is 13.5. The Balaban J connectivity index is 1.65. The Bertz CT molecular complexity index is 829. The molecule has 0 bridgehead atoms. The fraction of sp³-hybridized carbons (Fsp3) is 0.583. The number of hydrogen-bond acceptors (Lipinski definition) is 5. The fourth-order valence-electron chi connectivity index (χ4n) is 4.81. The minimum absolute atomic E-state index is 0.0936. The molecule has 4 rings (SSSR count). The second-order valence-corrected chi connectivity index (χ2v) is 8.60. The largest absolute Gasteiger partial charge is 0.497 e. The summed E-state index contributed by atoms with van der Waals surface area (Å²) in [4.78, 5) is 28.6. The first-order chi connectivity index (χ1) is 14.5. The van der Waals surface area contributed by atoms with Crippen molar-refractivity contribution in [3.63, 3.8) is 0 Å². The highest BCUT2D eigenvalue weighted by molar-refractivity contribution is 6.11. The van der Waals surface area contributed by atoms with Crippen molar-refractivity contribution in [1.82, 2.24) is 4.90 Å². The second-order valence-electron chi connectivity index (χ2n) is 8.60. The number of amides is 1. The Kier molecular flexibility index (Phi) is 6.14. The summed E-state index contributed by atoms with van der Waals surface area (Å²) in [6.07, 6.45) is 4.46. The first kappa shape index (κ1) is 20.9. The molecule has 1 amide bonds. The number of methoxy groups -OCH3 is 1. The van der Waals surface area contributed by atoms with Crippen LogP contribution in [0, 0.1) is 5.92 Å². The molecule has 1 fully saturated rings. The molecule has 3 atom stereocenters. The van der Waals surface area contributed by atoms with Gasteiger partial charge in [0.05, 0.1) is 30.7 Å². The molecule has 3 unspecified atom stereocenters. The Morgan fingerprint density at radius 3 is 2.57 bits per heavy atom. The predicted octanol–water partition coefficient (Wildman–Crippen LogP) is 3.81. The third-order valence-corrected chi connectivity index (χ3v) is 6.28. The van der Waals surface area contributed by atoms with Crippen LogP contribution in [0.15, 0.2) is 35.6 Å². The molecular weight excluding hydrogens is 382 g/mol. The van der Waals surface area contributed by atoms with Crippen LogP contribution in [0.5, 0.6) is 5.75 Å². The van der Waals surface area contributed by atoms with Crippen molar-refractivity contribution in [2.75, 3.05) is 20.3 Å². The number of hydrogen-bond donors (Lipinski definition) is 0. The highest BCUT2D eigenvalue weighted by atomic mass is 16.5. The molecule has 3 aliphatic rings. The zero-order valence-electron chi connectivity index (χ0n) is 18.1. The van der Waals surface area contributed by atoms with Crippen molar-refractivity contribution in [3.05, 3.63) is 41.2 Å². The van der Waals surface area contributed by atoms with Gasteiger partial charge in [-0.05, 0) is 57.2 Å². The number of benzene rings is 1. The number of carbonyl (C=O) groups is 2. The molecule has 30 heavy (non-hydrogen) atoms. The van der Waals surface area contributed by atoms with Crippen molar-refractivity contribution in [2.24, 2.45) is 5.92 Å². The third kappa shape index (κ3) is 3.85. The van der Waals surface area contributed by atoms with E-state index in [4.69, 9.17) is 14.2 Å². The van der Waals surface area contributed by atoms with E-state index in [1.807, 2.05) is 38.1 Å². The summed E-state index contributed by atoms with van der Waals surface area (Å²) in [7, 11) is 1.62. The summed E-state index contributed by atoms with van der Waals surface area (Å²) in [5.74, 6) is 0.806. The molecule has 6 heteroatoms. The van der Waals surface area contributed by atoms with E-state index >= 15 is 0 Å². The Labute approximate surface area is 178 Å². The molecule has 0 spiro atoms. The molecule has 0 N–H and O–H groups in total. The van der Waals surface area contributed by atoms with Crippen LogP contribution in [0.4, 0.5) is 0 Å². The first-order valence-electron chi connectivity index (χ1n) is 11.0. The van der Waals surface area contributed by atoms with Gasteiger partial charge in [0.2, 0.25) is 0 Å². The number of carbonyl (C=O) groups excluding carboxylic acids is 2. The Hall–Kier alpha value is -2.34. The van der Waals surface area contributed by atoms with E-state index in [0.29, 0.717) is 25.1 Å². The van der Waals surface area contributed by atoms with Crippen molar-refractivity contribution in [2.45, 2.75) is 64.2 Å². The predicted molar refractivity (Wildman–Crippen MR) is 112 cm³/mol. The minimum atomic E-state index is -0.409. The molecule has 1 aliphatic carbocycles. The van der Waals surface area contributed by atoms with Gasteiger partial charge in [0, 0.05) is 13.2 Å². The number of ether oxygens (including phenoxy) is 3. The summed E-state index contributed by atoms with van der Waals surface area (Å²) in [6, 6.07) is 7.20. The van der Waals surface area contributed by atoms with E-state index in [1.54, 1.807) is 12.0 Å². The normalized spacial score (nSPS) is 26.0. The van der Waals surface area contributed by atoms with Crippen LogP contribution in [-0.2, 0) is 19.1 Å². The van der Waals surface area contributed by atoms with Gasteiger partial charge in [-0.1, -0.05) is 18.6 Å². The average molecular weight is 414 g/mol. The SMILES string of the molecule is COc1ccc(C2C3=C(OC4CCCCC4C3=O)C(=O)N2CCCOC(C)C)cc1. The van der Waals surface area contributed by atoms with Crippen molar-refractivity contribution in [3.8, 4) is 5.75 Å². The van der Waals surface area contributed by atoms with Crippen LogP contribution in [-0.4, -0.2) is 49.1 Å². The van der Waals surface area contributed by atoms with Gasteiger partial charge in [0.15, 0.2) is 11.5 Å². The number of rotatable bonds is 7. The van der Waals surface area contributed by atoms with E-state index in [2.05, 4.69) is 0 Å². The molecule has 6 nitrogen and oxygen atoms in total. The van der Waals surface area contributed by atoms with Gasteiger partial charge in [-0.3, -0.25) is 9.59 Å². The number of Topliss-reactive ketones (excluding diaryl/α,β-unsaturated/α-hetero) is 1. The van der Waals surface area contributed by atoms with Crippen LogP contribution in [0.3, 0.4) is 0 Å². The van der Waals surface area contributed by atoms with Crippen LogP contribution < -0.4 is 4.74 Å². The lowest BCUT2D eigenvalue weighted by Crippen LogP contribution is -2.39. The molecule has 162 valence electrons. The summed E-state index contributed by atoms with van der Waals surface area (Å²) >= 11 is 0. The maximum Gasteiger partial charge on any atom is 0.290 e. The molecule has 1 saturated carbocycles. The fourth-order valence-corrected chi connectivity index (χ4v) is 4.81. The number of nitrogens with zero attached hydrogens (tertiary/aromatic N) is 1. The zero-order chi connectivity index (χ0) is 21.3. The standard InChI is InChI=1S/C24H31NO5/c1-15(2)29-14-6-13-25-21(16-9-11-17(28-3)12-10-16)20-22(26)18-7-4-5-8-19(18)30-23(20)24(25)27/h9-12,15,18-19,21H,4-8,13-14H2,1-3H3.